The molecule has 0 saturated heterocycles. The number of hydrogen-bond donors (Lipinski definition) is 1. The summed E-state index contributed by atoms with van der Waals surface area (Å²) in [5.74, 6) is 0. The van der Waals surface area contributed by atoms with Gasteiger partial charge >= 0.3 is 0 Å². The largest absolute Gasteiger partial charge is 0.320 e. The molecule has 15 heavy (non-hydrogen) atoms. The molecule has 2 aromatic rings. The van der Waals surface area contributed by atoms with E-state index in [9.17, 15) is 4.79 Å². The Balaban J connectivity index is 2.48. The molecule has 0 saturated carbocycles. The van der Waals surface area contributed by atoms with Gasteiger partial charge in [-0.15, -0.1) is 0 Å². The van der Waals surface area contributed by atoms with Crippen molar-refractivity contribution in [1.29, 1.82) is 0 Å². The maximum atomic E-state index is 11.8. The molecule has 1 N–H and O–H groups in total. The van der Waals surface area contributed by atoms with Gasteiger partial charge in [-0.2, -0.15) is 0 Å². The fourth-order valence-corrected chi connectivity index (χ4v) is 2.36. The highest BCUT2D eigenvalue weighted by Gasteiger charge is 2.18. The third-order valence-electron chi connectivity index (χ3n) is 3.05. The minimum absolute atomic E-state index is 0.0717. The molecule has 3 heteroatoms. The highest BCUT2D eigenvalue weighted by Crippen LogP contribution is 2.24. The van der Waals surface area contributed by atoms with Crippen LogP contribution in [0.5, 0.6) is 0 Å². The molecule has 0 aromatic carbocycles. The first-order valence-corrected chi connectivity index (χ1v) is 5.26. The summed E-state index contributed by atoms with van der Waals surface area (Å²) < 4.78 is 0. The number of aromatic amines is 1. The smallest absolute Gasteiger partial charge is 0.251 e. The van der Waals surface area contributed by atoms with E-state index in [0.717, 1.165) is 47.0 Å². The highest BCUT2D eigenvalue weighted by atomic mass is 16.1. The number of fused-ring (bicyclic) bond motifs is 3. The van der Waals surface area contributed by atoms with Gasteiger partial charge in [-0.1, -0.05) is 0 Å². The molecule has 0 amide bonds. The summed E-state index contributed by atoms with van der Waals surface area (Å²) >= 11 is 0. The summed E-state index contributed by atoms with van der Waals surface area (Å²) in [7, 11) is 0. The third kappa shape index (κ3) is 1.19. The van der Waals surface area contributed by atoms with E-state index in [1.54, 1.807) is 0 Å². The number of pyridine rings is 2. The molecule has 3 nitrogen and oxygen atoms in total. The van der Waals surface area contributed by atoms with Crippen LogP contribution in [0.15, 0.2) is 17.1 Å². The van der Waals surface area contributed by atoms with Crippen molar-refractivity contribution in [1.82, 2.24) is 9.97 Å². The van der Waals surface area contributed by atoms with Gasteiger partial charge in [-0.3, -0.25) is 9.78 Å². The zero-order valence-electron chi connectivity index (χ0n) is 8.63. The van der Waals surface area contributed by atoms with Gasteiger partial charge in [0.05, 0.1) is 11.0 Å². The summed E-state index contributed by atoms with van der Waals surface area (Å²) in [6.07, 6.45) is 4.83. The summed E-state index contributed by atoms with van der Waals surface area (Å²) in [4.78, 5) is 19.1. The average molecular weight is 200 g/mol. The van der Waals surface area contributed by atoms with Crippen LogP contribution in [0, 0.1) is 6.92 Å². The Hall–Kier alpha value is -1.64. The van der Waals surface area contributed by atoms with E-state index in [1.807, 2.05) is 19.2 Å². The molecule has 1 aliphatic carbocycles. The molecule has 0 atom stereocenters. The predicted octanol–water partition coefficient (Wildman–Crippen LogP) is 1.72. The Morgan fingerprint density at radius 2 is 2.13 bits per heavy atom. The normalized spacial score (nSPS) is 14.5. The number of H-pyrrole nitrogens is 1. The molecule has 0 bridgehead atoms. The van der Waals surface area contributed by atoms with Gasteiger partial charge in [0.1, 0.15) is 0 Å². The van der Waals surface area contributed by atoms with Gasteiger partial charge in [0, 0.05) is 11.8 Å². The van der Waals surface area contributed by atoms with Gasteiger partial charge in [-0.25, -0.2) is 0 Å². The Bertz CT molecular complexity index is 598. The van der Waals surface area contributed by atoms with Crippen LogP contribution in [0.25, 0.3) is 11.0 Å². The summed E-state index contributed by atoms with van der Waals surface area (Å²) in [6, 6.07) is 1.99. The lowest BCUT2D eigenvalue weighted by atomic mass is 10.1. The van der Waals surface area contributed by atoms with Crippen LogP contribution in [0.2, 0.25) is 0 Å². The lowest BCUT2D eigenvalue weighted by Gasteiger charge is -2.04. The van der Waals surface area contributed by atoms with Gasteiger partial charge in [-0.05, 0) is 43.4 Å². The third-order valence-corrected chi connectivity index (χ3v) is 3.05. The van der Waals surface area contributed by atoms with Crippen molar-refractivity contribution < 1.29 is 0 Å². The molecule has 2 heterocycles. The van der Waals surface area contributed by atoms with Crippen molar-refractivity contribution in [3.8, 4) is 0 Å². The maximum absolute atomic E-state index is 11.8. The predicted molar refractivity (Wildman–Crippen MR) is 59.1 cm³/mol. The molecule has 2 aromatic heterocycles. The second-order valence-electron chi connectivity index (χ2n) is 4.17. The maximum Gasteiger partial charge on any atom is 0.251 e. The number of rotatable bonds is 0. The zero-order chi connectivity index (χ0) is 10.4. The van der Waals surface area contributed by atoms with Crippen LogP contribution in [-0.2, 0) is 12.8 Å². The van der Waals surface area contributed by atoms with Crippen molar-refractivity contribution in [3.63, 3.8) is 0 Å². The second-order valence-corrected chi connectivity index (χ2v) is 4.17. The second kappa shape index (κ2) is 2.92. The molecule has 0 fully saturated rings. The van der Waals surface area contributed by atoms with Gasteiger partial charge in [0.2, 0.25) is 0 Å². The first kappa shape index (κ1) is 8.65. The van der Waals surface area contributed by atoms with E-state index in [0.29, 0.717) is 0 Å². The van der Waals surface area contributed by atoms with Crippen LogP contribution in [0.1, 0.15) is 23.1 Å². The fourth-order valence-electron chi connectivity index (χ4n) is 2.36. The number of nitrogens with one attached hydrogen (secondary N) is 1. The quantitative estimate of drug-likeness (QED) is 0.703. The number of hydrogen-bond acceptors (Lipinski definition) is 2. The molecule has 1 aliphatic rings. The molecule has 0 aliphatic heterocycles. The molecular formula is C12H12N2O. The number of aromatic nitrogens is 2. The van der Waals surface area contributed by atoms with Crippen LogP contribution in [0.4, 0.5) is 0 Å². The minimum Gasteiger partial charge on any atom is -0.320 e. The Labute approximate surface area is 87.2 Å². The minimum atomic E-state index is 0.0717. The lowest BCUT2D eigenvalue weighted by molar-refractivity contribution is 0.908. The van der Waals surface area contributed by atoms with Crippen LogP contribution in [0.3, 0.4) is 0 Å². The van der Waals surface area contributed by atoms with Crippen molar-refractivity contribution in [2.24, 2.45) is 0 Å². The fraction of sp³-hybridized carbons (Fsp3) is 0.333. The SMILES string of the molecule is Cc1cnc2c3c(c(=O)[nH]c2c1)CCC3. The van der Waals surface area contributed by atoms with Crippen molar-refractivity contribution in [2.75, 3.05) is 0 Å². The van der Waals surface area contributed by atoms with Gasteiger partial charge in [0.15, 0.2) is 0 Å². The summed E-state index contributed by atoms with van der Waals surface area (Å²) in [5.41, 5.74) is 5.11. The van der Waals surface area contributed by atoms with Crippen LogP contribution in [-0.4, -0.2) is 9.97 Å². The average Bonchev–Trinajstić information content (AvgIpc) is 2.66. The Morgan fingerprint density at radius 3 is 3.00 bits per heavy atom. The monoisotopic (exact) mass is 200 g/mol. The first-order chi connectivity index (χ1) is 7.25. The molecule has 3 rings (SSSR count). The standard InChI is InChI=1S/C12H12N2O/c1-7-5-10-11(13-6-7)8-3-2-4-9(8)12(15)14-10/h5-6H,2-4H2,1H3,(H,14,15). The summed E-state index contributed by atoms with van der Waals surface area (Å²) in [5, 5.41) is 0. The summed E-state index contributed by atoms with van der Waals surface area (Å²) in [6.45, 7) is 1.98. The first-order valence-electron chi connectivity index (χ1n) is 5.26. The van der Waals surface area contributed by atoms with Crippen molar-refractivity contribution in [3.05, 3.63) is 39.3 Å². The van der Waals surface area contributed by atoms with Crippen molar-refractivity contribution in [2.45, 2.75) is 26.2 Å². The molecule has 0 spiro atoms. The Morgan fingerprint density at radius 1 is 1.33 bits per heavy atom. The van der Waals surface area contributed by atoms with E-state index < -0.39 is 0 Å². The number of aryl methyl sites for hydroxylation is 2. The Kier molecular flexibility index (Phi) is 1.69. The van der Waals surface area contributed by atoms with Crippen LogP contribution >= 0.6 is 0 Å². The van der Waals surface area contributed by atoms with E-state index in [2.05, 4.69) is 9.97 Å². The van der Waals surface area contributed by atoms with E-state index in [1.165, 1.54) is 0 Å². The molecule has 76 valence electrons. The van der Waals surface area contributed by atoms with E-state index >= 15 is 0 Å². The van der Waals surface area contributed by atoms with Gasteiger partial charge in [0.25, 0.3) is 5.56 Å². The van der Waals surface area contributed by atoms with E-state index in [4.69, 9.17) is 0 Å². The number of nitrogens with zero attached hydrogens (tertiary/aromatic N) is 1. The zero-order valence-corrected chi connectivity index (χ0v) is 8.63. The topological polar surface area (TPSA) is 45.8 Å². The molecule has 0 unspecified atom stereocenters. The molecule has 0 radical (unpaired) electrons. The molecular weight excluding hydrogens is 188 g/mol. The van der Waals surface area contributed by atoms with Gasteiger partial charge < -0.3 is 4.98 Å². The highest BCUT2D eigenvalue weighted by molar-refractivity contribution is 5.79. The van der Waals surface area contributed by atoms with Crippen molar-refractivity contribution >= 4 is 11.0 Å². The lowest BCUT2D eigenvalue weighted by Crippen LogP contribution is -2.12. The van der Waals surface area contributed by atoms with Crippen LogP contribution < -0.4 is 5.56 Å². The van der Waals surface area contributed by atoms with E-state index in [-0.39, 0.29) is 5.56 Å².